The summed E-state index contributed by atoms with van der Waals surface area (Å²) in [6, 6.07) is 7.25. The Bertz CT molecular complexity index is 410. The number of hydrogen-bond donors (Lipinski definition) is 3. The molecule has 0 spiro atoms. The number of allylic oxidation sites excluding steroid dienone is 1. The highest BCUT2D eigenvalue weighted by Gasteiger charge is 1.98. The van der Waals surface area contributed by atoms with Crippen LogP contribution < -0.4 is 10.6 Å². The quantitative estimate of drug-likeness (QED) is 0.748. The van der Waals surface area contributed by atoms with Gasteiger partial charge in [0, 0.05) is 12.7 Å². The number of amides is 2. The molecule has 0 radical (unpaired) electrons. The van der Waals surface area contributed by atoms with Crippen LogP contribution in [0.3, 0.4) is 0 Å². The van der Waals surface area contributed by atoms with Crippen LogP contribution in [0.15, 0.2) is 36.0 Å². The minimum absolute atomic E-state index is 0.0370. The molecule has 0 fully saturated rings. The van der Waals surface area contributed by atoms with Crippen molar-refractivity contribution >= 4 is 6.03 Å². The van der Waals surface area contributed by atoms with Gasteiger partial charge >= 0.3 is 6.03 Å². The summed E-state index contributed by atoms with van der Waals surface area (Å²) in [5.41, 5.74) is 2.99. The van der Waals surface area contributed by atoms with Crippen molar-refractivity contribution in [2.24, 2.45) is 0 Å². The second kappa shape index (κ2) is 7.50. The number of nitrogens with one attached hydrogen (secondary N) is 2. The number of benzene rings is 1. The van der Waals surface area contributed by atoms with E-state index in [0.29, 0.717) is 6.54 Å². The van der Waals surface area contributed by atoms with Crippen LogP contribution >= 0.6 is 0 Å². The maximum atomic E-state index is 11.5. The lowest BCUT2D eigenvalue weighted by Crippen LogP contribution is -2.31. The van der Waals surface area contributed by atoms with Crippen LogP contribution in [0.1, 0.15) is 31.4 Å². The Hall–Kier alpha value is -1.81. The second-order valence-corrected chi connectivity index (χ2v) is 4.15. The lowest BCUT2D eigenvalue weighted by Gasteiger charge is -2.06. The normalized spacial score (nSPS) is 11.2. The standard InChI is InChI=1S/C14H20N2O2/c1-3-11(2)8-15-14(18)16-9-12-4-6-13(10-17)7-5-12/h4-8,17H,3,9-10H2,1-2H3,(H2,15,16,18)/b11-8+. The number of aliphatic hydroxyl groups is 1. The first-order valence-electron chi connectivity index (χ1n) is 6.04. The molecule has 0 saturated heterocycles. The van der Waals surface area contributed by atoms with Crippen molar-refractivity contribution in [1.82, 2.24) is 10.6 Å². The molecular weight excluding hydrogens is 228 g/mol. The molecule has 0 aliphatic rings. The van der Waals surface area contributed by atoms with Gasteiger partial charge in [-0.05, 0) is 24.5 Å². The number of hydrogen-bond acceptors (Lipinski definition) is 2. The maximum Gasteiger partial charge on any atom is 0.319 e. The van der Waals surface area contributed by atoms with Crippen molar-refractivity contribution in [1.29, 1.82) is 0 Å². The number of rotatable bonds is 5. The summed E-state index contributed by atoms with van der Waals surface area (Å²) in [5, 5.41) is 14.3. The van der Waals surface area contributed by atoms with E-state index in [1.807, 2.05) is 38.1 Å². The van der Waals surface area contributed by atoms with Gasteiger partial charge in [-0.1, -0.05) is 36.8 Å². The van der Waals surface area contributed by atoms with Crippen molar-refractivity contribution < 1.29 is 9.90 Å². The van der Waals surface area contributed by atoms with Crippen LogP contribution in [0.2, 0.25) is 0 Å². The molecule has 4 nitrogen and oxygen atoms in total. The van der Waals surface area contributed by atoms with Crippen LogP contribution in [-0.2, 0) is 13.2 Å². The van der Waals surface area contributed by atoms with E-state index in [0.717, 1.165) is 23.1 Å². The van der Waals surface area contributed by atoms with Gasteiger partial charge in [-0.3, -0.25) is 0 Å². The summed E-state index contributed by atoms with van der Waals surface area (Å²) in [4.78, 5) is 11.5. The topological polar surface area (TPSA) is 61.4 Å². The lowest BCUT2D eigenvalue weighted by molar-refractivity contribution is 0.243. The molecule has 0 atom stereocenters. The average Bonchev–Trinajstić information content (AvgIpc) is 2.42. The first-order valence-corrected chi connectivity index (χ1v) is 6.04. The summed E-state index contributed by atoms with van der Waals surface area (Å²) in [5.74, 6) is 0. The number of aliphatic hydroxyl groups excluding tert-OH is 1. The van der Waals surface area contributed by atoms with Crippen molar-refractivity contribution in [2.45, 2.75) is 33.4 Å². The van der Waals surface area contributed by atoms with Gasteiger partial charge in [-0.2, -0.15) is 0 Å². The Kier molecular flexibility index (Phi) is 5.94. The number of carbonyl (C=O) groups is 1. The predicted molar refractivity (Wildman–Crippen MR) is 71.8 cm³/mol. The van der Waals surface area contributed by atoms with Gasteiger partial charge in [-0.15, -0.1) is 0 Å². The van der Waals surface area contributed by atoms with Gasteiger partial charge in [-0.25, -0.2) is 4.79 Å². The third-order valence-electron chi connectivity index (χ3n) is 2.67. The van der Waals surface area contributed by atoms with Crippen LogP contribution in [0.4, 0.5) is 4.79 Å². The van der Waals surface area contributed by atoms with Crippen LogP contribution in [0.5, 0.6) is 0 Å². The Morgan fingerprint density at radius 1 is 1.28 bits per heavy atom. The fourth-order valence-corrected chi connectivity index (χ4v) is 1.29. The van der Waals surface area contributed by atoms with Gasteiger partial charge in [0.25, 0.3) is 0 Å². The molecule has 1 rings (SSSR count). The molecule has 0 aliphatic heterocycles. The van der Waals surface area contributed by atoms with Gasteiger partial charge in [0.05, 0.1) is 6.61 Å². The first kappa shape index (κ1) is 14.3. The molecule has 1 aromatic carbocycles. The van der Waals surface area contributed by atoms with E-state index in [1.54, 1.807) is 6.20 Å². The van der Waals surface area contributed by atoms with Crippen molar-refractivity contribution in [2.75, 3.05) is 0 Å². The minimum atomic E-state index is -0.214. The van der Waals surface area contributed by atoms with Gasteiger partial charge in [0.1, 0.15) is 0 Å². The summed E-state index contributed by atoms with van der Waals surface area (Å²) in [6.45, 7) is 4.51. The van der Waals surface area contributed by atoms with E-state index in [9.17, 15) is 4.79 Å². The summed E-state index contributed by atoms with van der Waals surface area (Å²) in [7, 11) is 0. The van der Waals surface area contributed by atoms with E-state index in [2.05, 4.69) is 10.6 Å². The third-order valence-corrected chi connectivity index (χ3v) is 2.67. The van der Waals surface area contributed by atoms with Gasteiger partial charge < -0.3 is 15.7 Å². The Morgan fingerprint density at radius 2 is 1.89 bits per heavy atom. The molecule has 98 valence electrons. The smallest absolute Gasteiger partial charge is 0.319 e. The second-order valence-electron chi connectivity index (χ2n) is 4.15. The summed E-state index contributed by atoms with van der Waals surface area (Å²) < 4.78 is 0. The zero-order valence-electron chi connectivity index (χ0n) is 10.9. The van der Waals surface area contributed by atoms with E-state index in [1.165, 1.54) is 0 Å². The van der Waals surface area contributed by atoms with Crippen molar-refractivity contribution in [3.63, 3.8) is 0 Å². The van der Waals surface area contributed by atoms with E-state index < -0.39 is 0 Å². The fourth-order valence-electron chi connectivity index (χ4n) is 1.29. The van der Waals surface area contributed by atoms with Crippen LogP contribution in [-0.4, -0.2) is 11.1 Å². The zero-order chi connectivity index (χ0) is 13.4. The van der Waals surface area contributed by atoms with Crippen LogP contribution in [0.25, 0.3) is 0 Å². The molecular formula is C14H20N2O2. The Morgan fingerprint density at radius 3 is 2.44 bits per heavy atom. The van der Waals surface area contributed by atoms with Crippen molar-refractivity contribution in [3.05, 3.63) is 47.2 Å². The van der Waals surface area contributed by atoms with E-state index in [-0.39, 0.29) is 12.6 Å². The summed E-state index contributed by atoms with van der Waals surface area (Å²) >= 11 is 0. The number of carbonyl (C=O) groups excluding carboxylic acids is 1. The highest BCUT2D eigenvalue weighted by molar-refractivity contribution is 5.74. The maximum absolute atomic E-state index is 11.5. The van der Waals surface area contributed by atoms with Gasteiger partial charge in [0.15, 0.2) is 0 Å². The highest BCUT2D eigenvalue weighted by atomic mass is 16.3. The third kappa shape index (κ3) is 5.01. The SMILES string of the molecule is CC/C(C)=C/NC(=O)NCc1ccc(CO)cc1. The monoisotopic (exact) mass is 248 g/mol. The fraction of sp³-hybridized carbons (Fsp3) is 0.357. The van der Waals surface area contributed by atoms with Gasteiger partial charge in [0.2, 0.25) is 0 Å². The molecule has 0 bridgehead atoms. The molecule has 0 unspecified atom stereocenters. The largest absolute Gasteiger partial charge is 0.392 e. The molecule has 0 aliphatic carbocycles. The lowest BCUT2D eigenvalue weighted by atomic mass is 10.1. The van der Waals surface area contributed by atoms with Crippen molar-refractivity contribution in [3.8, 4) is 0 Å². The predicted octanol–water partition coefficient (Wildman–Crippen LogP) is 2.29. The highest BCUT2D eigenvalue weighted by Crippen LogP contribution is 2.03. The summed E-state index contributed by atoms with van der Waals surface area (Å²) in [6.07, 6.45) is 2.63. The molecule has 0 aromatic heterocycles. The molecule has 0 heterocycles. The molecule has 0 saturated carbocycles. The molecule has 18 heavy (non-hydrogen) atoms. The molecule has 2 amide bonds. The van der Waals surface area contributed by atoms with E-state index >= 15 is 0 Å². The van der Waals surface area contributed by atoms with Crippen LogP contribution in [0, 0.1) is 0 Å². The zero-order valence-corrected chi connectivity index (χ0v) is 10.9. The van der Waals surface area contributed by atoms with E-state index in [4.69, 9.17) is 5.11 Å². The molecule has 3 N–H and O–H groups in total. The number of urea groups is 1. The minimum Gasteiger partial charge on any atom is -0.392 e. The molecule has 4 heteroatoms. The molecule has 1 aromatic rings. The first-order chi connectivity index (χ1) is 8.65. The average molecular weight is 248 g/mol. The Balaban J connectivity index is 2.37. The Labute approximate surface area is 108 Å².